The highest BCUT2D eigenvalue weighted by Crippen LogP contribution is 2.04. The van der Waals surface area contributed by atoms with Gasteiger partial charge in [0.05, 0.1) is 11.2 Å². The Balaban J connectivity index is 2.22. The number of hydrogen-bond acceptors (Lipinski definition) is 3. The molecule has 0 saturated heterocycles. The number of hydrogen-bond donors (Lipinski definition) is 0. The van der Waals surface area contributed by atoms with Gasteiger partial charge in [-0.3, -0.25) is 0 Å². The van der Waals surface area contributed by atoms with Crippen LogP contribution < -0.4 is 0 Å². The Morgan fingerprint density at radius 1 is 1.67 bits per heavy atom. The molecular formula is C8H13ClN2S. The third kappa shape index (κ3) is 3.52. The second-order valence-electron chi connectivity index (χ2n) is 2.76. The van der Waals surface area contributed by atoms with Crippen LogP contribution in [0.2, 0.25) is 0 Å². The van der Waals surface area contributed by atoms with Gasteiger partial charge in [0.1, 0.15) is 0 Å². The SMILES string of the molecule is CN(CCCCl)Cc1cscn1. The van der Waals surface area contributed by atoms with E-state index in [1.807, 2.05) is 5.51 Å². The van der Waals surface area contributed by atoms with Gasteiger partial charge in [-0.15, -0.1) is 22.9 Å². The van der Waals surface area contributed by atoms with E-state index in [1.165, 1.54) is 0 Å². The number of thiazole rings is 1. The first kappa shape index (κ1) is 9.96. The smallest absolute Gasteiger partial charge is 0.0795 e. The van der Waals surface area contributed by atoms with Crippen LogP contribution in [-0.4, -0.2) is 29.4 Å². The van der Waals surface area contributed by atoms with Crippen molar-refractivity contribution in [3.05, 3.63) is 16.6 Å². The van der Waals surface area contributed by atoms with Crippen molar-refractivity contribution in [2.75, 3.05) is 19.5 Å². The van der Waals surface area contributed by atoms with Gasteiger partial charge in [0, 0.05) is 17.8 Å². The molecule has 0 bridgehead atoms. The van der Waals surface area contributed by atoms with E-state index in [0.717, 1.165) is 31.1 Å². The summed E-state index contributed by atoms with van der Waals surface area (Å²) in [5.41, 5.74) is 3.02. The highest BCUT2D eigenvalue weighted by Gasteiger charge is 2.00. The standard InChI is InChI=1S/C8H13ClN2S/c1-11(4-2-3-9)5-8-6-12-7-10-8/h6-7H,2-5H2,1H3. The van der Waals surface area contributed by atoms with Crippen molar-refractivity contribution in [1.82, 2.24) is 9.88 Å². The lowest BCUT2D eigenvalue weighted by Crippen LogP contribution is -2.19. The molecule has 0 radical (unpaired) electrons. The number of nitrogens with zero attached hydrogens (tertiary/aromatic N) is 2. The van der Waals surface area contributed by atoms with Gasteiger partial charge >= 0.3 is 0 Å². The van der Waals surface area contributed by atoms with E-state index >= 15 is 0 Å². The zero-order chi connectivity index (χ0) is 8.81. The van der Waals surface area contributed by atoms with Gasteiger partial charge in [-0.2, -0.15) is 0 Å². The van der Waals surface area contributed by atoms with Gasteiger partial charge in [0.2, 0.25) is 0 Å². The Labute approximate surface area is 82.2 Å². The molecule has 68 valence electrons. The molecule has 0 aliphatic heterocycles. The summed E-state index contributed by atoms with van der Waals surface area (Å²) in [4.78, 5) is 6.44. The van der Waals surface area contributed by atoms with Crippen LogP contribution in [0.25, 0.3) is 0 Å². The third-order valence-corrected chi connectivity index (χ3v) is 2.49. The molecule has 4 heteroatoms. The molecule has 2 nitrogen and oxygen atoms in total. The molecule has 0 fully saturated rings. The summed E-state index contributed by atoms with van der Waals surface area (Å²) >= 11 is 7.23. The minimum absolute atomic E-state index is 0.738. The van der Waals surface area contributed by atoms with Crippen molar-refractivity contribution in [1.29, 1.82) is 0 Å². The summed E-state index contributed by atoms with van der Waals surface area (Å²) < 4.78 is 0. The quantitative estimate of drug-likeness (QED) is 0.684. The molecule has 1 heterocycles. The molecular weight excluding hydrogens is 192 g/mol. The van der Waals surface area contributed by atoms with Crippen LogP contribution in [0.4, 0.5) is 0 Å². The van der Waals surface area contributed by atoms with E-state index in [-0.39, 0.29) is 0 Å². The number of aromatic nitrogens is 1. The summed E-state index contributed by atoms with van der Waals surface area (Å²) in [6.45, 7) is 1.97. The van der Waals surface area contributed by atoms with Crippen LogP contribution in [0.15, 0.2) is 10.9 Å². The predicted molar refractivity (Wildman–Crippen MR) is 53.8 cm³/mol. The monoisotopic (exact) mass is 204 g/mol. The first-order chi connectivity index (χ1) is 5.83. The summed E-state index contributed by atoms with van der Waals surface area (Å²) in [5, 5.41) is 2.08. The summed E-state index contributed by atoms with van der Waals surface area (Å²) in [5.74, 6) is 0.738. The fourth-order valence-electron chi connectivity index (χ4n) is 1.00. The number of halogens is 1. The normalized spacial score (nSPS) is 10.9. The van der Waals surface area contributed by atoms with E-state index in [1.54, 1.807) is 11.3 Å². The van der Waals surface area contributed by atoms with Gasteiger partial charge in [0.15, 0.2) is 0 Å². The topological polar surface area (TPSA) is 16.1 Å². The molecule has 0 unspecified atom stereocenters. The number of alkyl halides is 1. The van der Waals surface area contributed by atoms with Crippen molar-refractivity contribution in [2.45, 2.75) is 13.0 Å². The minimum atomic E-state index is 0.738. The van der Waals surface area contributed by atoms with E-state index in [0.29, 0.717) is 0 Å². The first-order valence-corrected chi connectivity index (χ1v) is 5.42. The summed E-state index contributed by atoms with van der Waals surface area (Å²) in [6, 6.07) is 0. The van der Waals surface area contributed by atoms with Crippen LogP contribution in [-0.2, 0) is 6.54 Å². The molecule has 0 aliphatic rings. The second-order valence-corrected chi connectivity index (χ2v) is 3.86. The maximum absolute atomic E-state index is 5.59. The first-order valence-electron chi connectivity index (χ1n) is 3.94. The Bertz CT molecular complexity index is 201. The lowest BCUT2D eigenvalue weighted by atomic mass is 10.4. The molecule has 12 heavy (non-hydrogen) atoms. The Morgan fingerprint density at radius 2 is 2.50 bits per heavy atom. The van der Waals surface area contributed by atoms with Crippen LogP contribution in [0.5, 0.6) is 0 Å². The van der Waals surface area contributed by atoms with Gasteiger partial charge in [-0.25, -0.2) is 4.98 Å². The van der Waals surface area contributed by atoms with Crippen molar-refractivity contribution in [3.8, 4) is 0 Å². The molecule has 0 saturated carbocycles. The Morgan fingerprint density at radius 3 is 3.08 bits per heavy atom. The molecule has 0 aliphatic carbocycles. The summed E-state index contributed by atoms with van der Waals surface area (Å²) in [6.07, 6.45) is 1.04. The van der Waals surface area contributed by atoms with E-state index in [9.17, 15) is 0 Å². The molecule has 0 N–H and O–H groups in total. The molecule has 0 amide bonds. The zero-order valence-electron chi connectivity index (χ0n) is 7.16. The van der Waals surface area contributed by atoms with E-state index < -0.39 is 0 Å². The van der Waals surface area contributed by atoms with Crippen LogP contribution >= 0.6 is 22.9 Å². The average molecular weight is 205 g/mol. The van der Waals surface area contributed by atoms with Crippen LogP contribution in [0.3, 0.4) is 0 Å². The molecule has 0 spiro atoms. The molecule has 0 aromatic carbocycles. The predicted octanol–water partition coefficient (Wildman–Crippen LogP) is 2.20. The highest BCUT2D eigenvalue weighted by molar-refractivity contribution is 7.07. The number of rotatable bonds is 5. The average Bonchev–Trinajstić information content (AvgIpc) is 2.53. The van der Waals surface area contributed by atoms with Crippen molar-refractivity contribution in [2.24, 2.45) is 0 Å². The Kier molecular flexibility index (Phi) is 4.58. The van der Waals surface area contributed by atoms with Gasteiger partial charge in [-0.05, 0) is 20.0 Å². The van der Waals surface area contributed by atoms with Gasteiger partial charge < -0.3 is 4.90 Å². The maximum atomic E-state index is 5.59. The largest absolute Gasteiger partial charge is 0.300 e. The maximum Gasteiger partial charge on any atom is 0.0795 e. The van der Waals surface area contributed by atoms with Gasteiger partial charge in [0.25, 0.3) is 0 Å². The molecule has 1 aromatic heterocycles. The molecule has 0 atom stereocenters. The van der Waals surface area contributed by atoms with Crippen LogP contribution in [0, 0.1) is 0 Å². The van der Waals surface area contributed by atoms with Crippen molar-refractivity contribution < 1.29 is 0 Å². The van der Waals surface area contributed by atoms with E-state index in [2.05, 4.69) is 22.3 Å². The minimum Gasteiger partial charge on any atom is -0.300 e. The van der Waals surface area contributed by atoms with E-state index in [4.69, 9.17) is 11.6 Å². The lowest BCUT2D eigenvalue weighted by Gasteiger charge is -2.13. The van der Waals surface area contributed by atoms with Gasteiger partial charge in [-0.1, -0.05) is 0 Å². The molecule has 1 rings (SSSR count). The van der Waals surface area contributed by atoms with Crippen molar-refractivity contribution in [3.63, 3.8) is 0 Å². The van der Waals surface area contributed by atoms with Crippen molar-refractivity contribution >= 4 is 22.9 Å². The molecule has 1 aromatic rings. The zero-order valence-corrected chi connectivity index (χ0v) is 8.74. The van der Waals surface area contributed by atoms with Crippen LogP contribution in [0.1, 0.15) is 12.1 Å². The fourth-order valence-corrected chi connectivity index (χ4v) is 1.67. The lowest BCUT2D eigenvalue weighted by molar-refractivity contribution is 0.325. The third-order valence-electron chi connectivity index (χ3n) is 1.59. The second kappa shape index (κ2) is 5.51. The summed E-state index contributed by atoms with van der Waals surface area (Å²) in [7, 11) is 2.09. The fraction of sp³-hybridized carbons (Fsp3) is 0.625. The highest BCUT2D eigenvalue weighted by atomic mass is 35.5. The Hall–Kier alpha value is -0.120.